The molecule has 1 fully saturated rings. The summed E-state index contributed by atoms with van der Waals surface area (Å²) < 4.78 is 51.8. The van der Waals surface area contributed by atoms with E-state index in [1.54, 1.807) is 12.1 Å². The van der Waals surface area contributed by atoms with Crippen molar-refractivity contribution in [3.05, 3.63) is 58.9 Å². The van der Waals surface area contributed by atoms with Gasteiger partial charge in [0.2, 0.25) is 5.82 Å². The van der Waals surface area contributed by atoms with Crippen LogP contribution in [0.1, 0.15) is 48.6 Å². The summed E-state index contributed by atoms with van der Waals surface area (Å²) in [4.78, 5) is 0. The number of hydrogen-bond donors (Lipinski definition) is 0. The molecule has 2 aromatic rings. The van der Waals surface area contributed by atoms with Gasteiger partial charge in [-0.15, -0.1) is 0 Å². The van der Waals surface area contributed by atoms with Gasteiger partial charge in [0, 0.05) is 0 Å². The first kappa shape index (κ1) is 17.6. The lowest BCUT2D eigenvalue weighted by Crippen LogP contribution is -2.14. The molecule has 0 aliphatic heterocycles. The van der Waals surface area contributed by atoms with Crippen molar-refractivity contribution >= 4 is 0 Å². The van der Waals surface area contributed by atoms with E-state index in [-0.39, 0.29) is 29.2 Å². The molecule has 1 saturated carbocycles. The Labute approximate surface area is 145 Å². The number of rotatable bonds is 4. The Morgan fingerprint density at radius 3 is 1.96 bits per heavy atom. The Kier molecular flexibility index (Phi) is 5.21. The van der Waals surface area contributed by atoms with Crippen LogP contribution in [0.2, 0.25) is 0 Å². The van der Waals surface area contributed by atoms with E-state index in [1.165, 1.54) is 26.4 Å². The number of hydrogen-bond acceptors (Lipinski definition) is 2. The summed E-state index contributed by atoms with van der Waals surface area (Å²) in [6.07, 6.45) is 3.09. The summed E-state index contributed by atoms with van der Waals surface area (Å²) in [5.41, 5.74) is 1.33. The zero-order valence-corrected chi connectivity index (χ0v) is 14.3. The van der Waals surface area contributed by atoms with E-state index < -0.39 is 11.6 Å². The van der Waals surface area contributed by atoms with E-state index in [0.29, 0.717) is 5.56 Å². The smallest absolute Gasteiger partial charge is 0.200 e. The second-order valence-corrected chi connectivity index (χ2v) is 6.43. The predicted octanol–water partition coefficient (Wildman–Crippen LogP) is 5.56. The molecular weight excluding hydrogens is 329 g/mol. The van der Waals surface area contributed by atoms with Crippen molar-refractivity contribution in [3.8, 4) is 11.5 Å². The van der Waals surface area contributed by atoms with E-state index in [1.807, 2.05) is 6.07 Å². The van der Waals surface area contributed by atoms with Gasteiger partial charge in [-0.3, -0.25) is 0 Å². The van der Waals surface area contributed by atoms with Crippen molar-refractivity contribution < 1.29 is 22.6 Å². The maximum Gasteiger partial charge on any atom is 0.200 e. The van der Waals surface area contributed by atoms with Crippen LogP contribution in [-0.4, -0.2) is 14.2 Å². The molecule has 0 amide bonds. The third-order valence-electron chi connectivity index (χ3n) is 5.11. The molecule has 25 heavy (non-hydrogen) atoms. The van der Waals surface area contributed by atoms with Crippen LogP contribution in [0.15, 0.2) is 30.3 Å². The van der Waals surface area contributed by atoms with Gasteiger partial charge in [0.1, 0.15) is 0 Å². The highest BCUT2D eigenvalue weighted by Gasteiger charge is 2.27. The highest BCUT2D eigenvalue weighted by Crippen LogP contribution is 2.42. The van der Waals surface area contributed by atoms with Crippen LogP contribution < -0.4 is 9.47 Å². The zero-order valence-electron chi connectivity index (χ0n) is 14.3. The Bertz CT molecular complexity index is 753. The third kappa shape index (κ3) is 3.46. The minimum Gasteiger partial charge on any atom is -0.494 e. The SMILES string of the molecule is COc1ccc(C2CCC(c3ccc(OC)c(F)c3F)CC2)cc1F. The van der Waals surface area contributed by atoms with Crippen molar-refractivity contribution in [2.75, 3.05) is 14.2 Å². The lowest BCUT2D eigenvalue weighted by atomic mass is 9.76. The monoisotopic (exact) mass is 350 g/mol. The maximum atomic E-state index is 14.3. The van der Waals surface area contributed by atoms with Gasteiger partial charge in [-0.05, 0) is 66.8 Å². The van der Waals surface area contributed by atoms with Crippen molar-refractivity contribution in [3.63, 3.8) is 0 Å². The lowest BCUT2D eigenvalue weighted by molar-refractivity contribution is 0.356. The number of ether oxygens (including phenoxy) is 2. The fourth-order valence-corrected chi connectivity index (χ4v) is 3.69. The Hall–Kier alpha value is -2.17. The van der Waals surface area contributed by atoms with Crippen molar-refractivity contribution in [2.24, 2.45) is 0 Å². The largest absolute Gasteiger partial charge is 0.494 e. The number of halogens is 3. The molecule has 1 aliphatic rings. The first-order chi connectivity index (χ1) is 12.0. The summed E-state index contributed by atoms with van der Waals surface area (Å²) >= 11 is 0. The van der Waals surface area contributed by atoms with Gasteiger partial charge < -0.3 is 9.47 Å². The summed E-state index contributed by atoms with van der Waals surface area (Å²) in [5.74, 6) is -1.78. The van der Waals surface area contributed by atoms with E-state index in [4.69, 9.17) is 9.47 Å². The molecule has 134 valence electrons. The number of benzene rings is 2. The molecule has 0 bridgehead atoms. The molecule has 0 heterocycles. The van der Waals surface area contributed by atoms with Crippen LogP contribution in [0.3, 0.4) is 0 Å². The van der Waals surface area contributed by atoms with Crippen LogP contribution in [0.4, 0.5) is 13.2 Å². The quantitative estimate of drug-likeness (QED) is 0.718. The van der Waals surface area contributed by atoms with Crippen LogP contribution >= 0.6 is 0 Å². The van der Waals surface area contributed by atoms with Gasteiger partial charge in [0.15, 0.2) is 23.1 Å². The van der Waals surface area contributed by atoms with Crippen LogP contribution in [0, 0.1) is 17.5 Å². The van der Waals surface area contributed by atoms with Gasteiger partial charge in [-0.2, -0.15) is 4.39 Å². The second-order valence-electron chi connectivity index (χ2n) is 6.43. The molecule has 0 unspecified atom stereocenters. The van der Waals surface area contributed by atoms with Gasteiger partial charge in [-0.1, -0.05) is 12.1 Å². The number of methoxy groups -OCH3 is 2. The average molecular weight is 350 g/mol. The van der Waals surface area contributed by atoms with Crippen LogP contribution in [0.25, 0.3) is 0 Å². The molecule has 0 spiro atoms. The van der Waals surface area contributed by atoms with Crippen molar-refractivity contribution in [1.82, 2.24) is 0 Å². The summed E-state index contributed by atoms with van der Waals surface area (Å²) in [7, 11) is 2.75. The second kappa shape index (κ2) is 7.38. The normalized spacial score (nSPS) is 20.4. The summed E-state index contributed by atoms with van der Waals surface area (Å²) in [6.45, 7) is 0. The highest BCUT2D eigenvalue weighted by atomic mass is 19.2. The fraction of sp³-hybridized carbons (Fsp3) is 0.400. The third-order valence-corrected chi connectivity index (χ3v) is 5.11. The average Bonchev–Trinajstić information content (AvgIpc) is 2.64. The minimum atomic E-state index is -0.931. The molecule has 0 N–H and O–H groups in total. The van der Waals surface area contributed by atoms with Crippen LogP contribution in [0.5, 0.6) is 11.5 Å². The first-order valence-corrected chi connectivity index (χ1v) is 8.40. The summed E-state index contributed by atoms with van der Waals surface area (Å²) in [5, 5.41) is 0. The Morgan fingerprint density at radius 1 is 0.760 bits per heavy atom. The Morgan fingerprint density at radius 2 is 1.36 bits per heavy atom. The Balaban J connectivity index is 1.72. The molecular formula is C20H21F3O2. The van der Waals surface area contributed by atoms with Gasteiger partial charge in [0.05, 0.1) is 14.2 Å². The van der Waals surface area contributed by atoms with E-state index >= 15 is 0 Å². The van der Waals surface area contributed by atoms with Gasteiger partial charge >= 0.3 is 0 Å². The predicted molar refractivity (Wildman–Crippen MR) is 89.8 cm³/mol. The van der Waals surface area contributed by atoms with Crippen LogP contribution in [-0.2, 0) is 0 Å². The molecule has 2 aromatic carbocycles. The standard InChI is InChI=1S/C20H21F3O2/c1-24-17-9-7-14(11-16(17)21)12-3-5-13(6-4-12)15-8-10-18(25-2)20(23)19(15)22/h7-13H,3-6H2,1-2H3. The highest BCUT2D eigenvalue weighted by molar-refractivity contribution is 5.34. The van der Waals surface area contributed by atoms with E-state index in [2.05, 4.69) is 0 Å². The van der Waals surface area contributed by atoms with Gasteiger partial charge in [-0.25, -0.2) is 8.78 Å². The van der Waals surface area contributed by atoms with E-state index in [9.17, 15) is 13.2 Å². The molecule has 0 aromatic heterocycles. The molecule has 2 nitrogen and oxygen atoms in total. The molecule has 5 heteroatoms. The maximum absolute atomic E-state index is 14.3. The first-order valence-electron chi connectivity index (χ1n) is 8.40. The van der Waals surface area contributed by atoms with Crippen molar-refractivity contribution in [1.29, 1.82) is 0 Å². The lowest BCUT2D eigenvalue weighted by Gasteiger charge is -2.29. The summed E-state index contributed by atoms with van der Waals surface area (Å²) in [6, 6.07) is 8.10. The van der Waals surface area contributed by atoms with E-state index in [0.717, 1.165) is 31.2 Å². The fourth-order valence-electron chi connectivity index (χ4n) is 3.69. The molecule has 1 aliphatic carbocycles. The van der Waals surface area contributed by atoms with Gasteiger partial charge in [0.25, 0.3) is 0 Å². The van der Waals surface area contributed by atoms with Crippen molar-refractivity contribution in [2.45, 2.75) is 37.5 Å². The molecule has 3 rings (SSSR count). The minimum absolute atomic E-state index is 0.0280. The molecule has 0 radical (unpaired) electrons. The zero-order chi connectivity index (χ0) is 18.0. The topological polar surface area (TPSA) is 18.5 Å². The molecule has 0 atom stereocenters. The molecule has 0 saturated heterocycles.